The van der Waals surface area contributed by atoms with Gasteiger partial charge in [0.2, 0.25) is 0 Å². The van der Waals surface area contributed by atoms with E-state index in [1.807, 2.05) is 0 Å². The topological polar surface area (TPSA) is 165 Å². The highest BCUT2D eigenvalue weighted by molar-refractivity contribution is 7.90. The first-order valence-electron chi connectivity index (χ1n) is 10.4. The molecule has 1 amide bonds. The molecule has 0 aromatic carbocycles. The quantitative estimate of drug-likeness (QED) is 0.389. The van der Waals surface area contributed by atoms with Crippen LogP contribution in [0.15, 0.2) is 47.6 Å². The lowest BCUT2D eigenvalue weighted by Crippen LogP contribution is -2.24. The fourth-order valence-electron chi connectivity index (χ4n) is 3.12. The number of esters is 1. The summed E-state index contributed by atoms with van der Waals surface area (Å²) in [6.07, 6.45) is 4.04. The standard InChI is InChI=1S/C22H25N7O5S/c1-13(30)34-22(2,3)14-8-9-17(25-12-14)27-18-11-15(19(29-28-18)21(31)23-4)26-20-16(35(5,32)33)7-6-10-24-20/h6-12H,1-5H3,(H,23,31)(H2,24,25,26,27,28). The van der Waals surface area contributed by atoms with Crippen LogP contribution in [-0.4, -0.2) is 53.8 Å². The molecule has 0 bridgehead atoms. The number of sulfone groups is 1. The molecule has 0 aliphatic rings. The van der Waals surface area contributed by atoms with Crippen molar-refractivity contribution >= 4 is 44.9 Å². The highest BCUT2D eigenvalue weighted by Gasteiger charge is 2.24. The van der Waals surface area contributed by atoms with Gasteiger partial charge >= 0.3 is 5.97 Å². The van der Waals surface area contributed by atoms with E-state index in [-0.39, 0.29) is 27.9 Å². The fraction of sp³-hybridized carbons (Fsp3) is 0.273. The monoisotopic (exact) mass is 499 g/mol. The van der Waals surface area contributed by atoms with Gasteiger partial charge in [0.1, 0.15) is 22.1 Å². The number of ether oxygens (including phenoxy) is 1. The van der Waals surface area contributed by atoms with Crippen LogP contribution < -0.4 is 16.0 Å². The second-order valence-corrected chi connectivity index (χ2v) is 9.96. The summed E-state index contributed by atoms with van der Waals surface area (Å²) < 4.78 is 29.6. The molecular weight excluding hydrogens is 474 g/mol. The van der Waals surface area contributed by atoms with E-state index in [9.17, 15) is 18.0 Å². The van der Waals surface area contributed by atoms with Crippen LogP contribution in [-0.2, 0) is 25.0 Å². The zero-order chi connectivity index (χ0) is 25.8. The predicted molar refractivity (Wildman–Crippen MR) is 128 cm³/mol. The van der Waals surface area contributed by atoms with Crippen LogP contribution in [0.2, 0.25) is 0 Å². The van der Waals surface area contributed by atoms with Gasteiger partial charge in [-0.15, -0.1) is 10.2 Å². The van der Waals surface area contributed by atoms with Crippen LogP contribution in [0.5, 0.6) is 0 Å². The van der Waals surface area contributed by atoms with Gasteiger partial charge in [-0.3, -0.25) is 9.59 Å². The van der Waals surface area contributed by atoms with Crippen LogP contribution in [0.1, 0.15) is 36.8 Å². The highest BCUT2D eigenvalue weighted by Crippen LogP contribution is 2.28. The number of rotatable bonds is 8. The van der Waals surface area contributed by atoms with Gasteiger partial charge in [0.05, 0.1) is 5.69 Å². The van der Waals surface area contributed by atoms with Gasteiger partial charge in [0.15, 0.2) is 21.3 Å². The van der Waals surface area contributed by atoms with Crippen molar-refractivity contribution in [3.05, 3.63) is 54.0 Å². The molecule has 0 unspecified atom stereocenters. The second-order valence-electron chi connectivity index (χ2n) is 7.98. The molecule has 0 fully saturated rings. The number of nitrogens with one attached hydrogen (secondary N) is 3. The van der Waals surface area contributed by atoms with Crippen molar-refractivity contribution in [1.29, 1.82) is 0 Å². The SMILES string of the molecule is CNC(=O)c1nnc(Nc2ccc(C(C)(C)OC(C)=O)cn2)cc1Nc1ncccc1S(C)(=O)=O. The molecule has 0 atom stereocenters. The number of carbonyl (C=O) groups excluding carboxylic acids is 2. The maximum atomic E-state index is 12.3. The minimum Gasteiger partial charge on any atom is -0.455 e. The summed E-state index contributed by atoms with van der Waals surface area (Å²) in [6.45, 7) is 4.84. The van der Waals surface area contributed by atoms with E-state index in [0.717, 1.165) is 6.26 Å². The Labute approximate surface area is 202 Å². The molecule has 0 aliphatic heterocycles. The van der Waals surface area contributed by atoms with Crippen LogP contribution in [0.25, 0.3) is 0 Å². The average molecular weight is 500 g/mol. The molecule has 12 nitrogen and oxygen atoms in total. The summed E-state index contributed by atoms with van der Waals surface area (Å²) >= 11 is 0. The van der Waals surface area contributed by atoms with Crippen molar-refractivity contribution in [3.63, 3.8) is 0 Å². The Morgan fingerprint density at radius 1 is 1.03 bits per heavy atom. The van der Waals surface area contributed by atoms with Crippen LogP contribution in [0.3, 0.4) is 0 Å². The number of amides is 1. The van der Waals surface area contributed by atoms with Crippen molar-refractivity contribution < 1.29 is 22.7 Å². The van der Waals surface area contributed by atoms with Gasteiger partial charge in [-0.05, 0) is 38.1 Å². The first-order chi connectivity index (χ1) is 16.4. The van der Waals surface area contributed by atoms with Crippen molar-refractivity contribution in [3.8, 4) is 0 Å². The van der Waals surface area contributed by atoms with Gasteiger partial charge in [-0.1, -0.05) is 0 Å². The lowest BCUT2D eigenvalue weighted by atomic mass is 10.0. The Morgan fingerprint density at radius 2 is 1.77 bits per heavy atom. The number of carbonyl (C=O) groups is 2. The van der Waals surface area contributed by atoms with E-state index >= 15 is 0 Å². The molecule has 3 heterocycles. The number of aromatic nitrogens is 4. The number of pyridine rings is 2. The molecule has 0 spiro atoms. The summed E-state index contributed by atoms with van der Waals surface area (Å²) in [7, 11) is -2.16. The lowest BCUT2D eigenvalue weighted by Gasteiger charge is -2.24. The Morgan fingerprint density at radius 3 is 2.37 bits per heavy atom. The third-order valence-electron chi connectivity index (χ3n) is 4.77. The number of hydrogen-bond donors (Lipinski definition) is 3. The van der Waals surface area contributed by atoms with Gasteiger partial charge < -0.3 is 20.7 Å². The van der Waals surface area contributed by atoms with E-state index in [1.54, 1.807) is 32.2 Å². The minimum absolute atomic E-state index is 0.0364. The first-order valence-corrected chi connectivity index (χ1v) is 12.2. The molecule has 35 heavy (non-hydrogen) atoms. The molecule has 13 heteroatoms. The van der Waals surface area contributed by atoms with Gasteiger partial charge in [0.25, 0.3) is 5.91 Å². The Hall–Kier alpha value is -4.13. The summed E-state index contributed by atoms with van der Waals surface area (Å²) in [5.41, 5.74) is -0.0542. The summed E-state index contributed by atoms with van der Waals surface area (Å²) in [5, 5.41) is 16.3. The summed E-state index contributed by atoms with van der Waals surface area (Å²) in [5.74, 6) is -0.255. The maximum absolute atomic E-state index is 12.3. The van der Waals surface area contributed by atoms with E-state index in [4.69, 9.17) is 4.74 Å². The molecule has 184 valence electrons. The van der Waals surface area contributed by atoms with E-state index < -0.39 is 27.3 Å². The Bertz CT molecular complexity index is 1360. The Kier molecular flexibility index (Phi) is 7.29. The average Bonchev–Trinajstić information content (AvgIpc) is 2.78. The van der Waals surface area contributed by atoms with E-state index in [2.05, 4.69) is 36.1 Å². The van der Waals surface area contributed by atoms with Gasteiger partial charge in [-0.25, -0.2) is 18.4 Å². The Balaban J connectivity index is 1.93. The van der Waals surface area contributed by atoms with Crippen molar-refractivity contribution in [1.82, 2.24) is 25.5 Å². The zero-order valence-electron chi connectivity index (χ0n) is 19.8. The predicted octanol–water partition coefficient (Wildman–Crippen LogP) is 2.32. The van der Waals surface area contributed by atoms with E-state index in [1.165, 1.54) is 38.4 Å². The van der Waals surface area contributed by atoms with Crippen LogP contribution in [0.4, 0.5) is 23.1 Å². The molecule has 3 N–H and O–H groups in total. The largest absolute Gasteiger partial charge is 0.455 e. The van der Waals surface area contributed by atoms with Crippen molar-refractivity contribution in [2.24, 2.45) is 0 Å². The molecule has 0 saturated heterocycles. The molecule has 0 saturated carbocycles. The third-order valence-corrected chi connectivity index (χ3v) is 5.90. The lowest BCUT2D eigenvalue weighted by molar-refractivity contribution is -0.154. The van der Waals surface area contributed by atoms with Crippen molar-refractivity contribution in [2.75, 3.05) is 23.9 Å². The number of nitrogens with zero attached hydrogens (tertiary/aromatic N) is 4. The smallest absolute Gasteiger partial charge is 0.303 e. The first kappa shape index (κ1) is 25.5. The molecule has 3 aromatic heterocycles. The molecular formula is C22H25N7O5S. The second kappa shape index (κ2) is 10.0. The van der Waals surface area contributed by atoms with Crippen molar-refractivity contribution in [2.45, 2.75) is 31.3 Å². The highest BCUT2D eigenvalue weighted by atomic mass is 32.2. The molecule has 0 radical (unpaired) electrons. The molecule has 3 aromatic rings. The van der Waals surface area contributed by atoms with Gasteiger partial charge in [0, 0.05) is 44.3 Å². The van der Waals surface area contributed by atoms with Crippen LogP contribution >= 0.6 is 0 Å². The van der Waals surface area contributed by atoms with E-state index in [0.29, 0.717) is 11.4 Å². The normalized spacial score (nSPS) is 11.5. The van der Waals surface area contributed by atoms with Crippen LogP contribution in [0, 0.1) is 0 Å². The third kappa shape index (κ3) is 6.26. The number of hydrogen-bond acceptors (Lipinski definition) is 11. The summed E-state index contributed by atoms with van der Waals surface area (Å²) in [4.78, 5) is 32.0. The fourth-order valence-corrected chi connectivity index (χ4v) is 3.90. The maximum Gasteiger partial charge on any atom is 0.303 e. The minimum atomic E-state index is -3.59. The summed E-state index contributed by atoms with van der Waals surface area (Å²) in [6, 6.07) is 7.80. The zero-order valence-corrected chi connectivity index (χ0v) is 20.6. The number of anilines is 4. The molecule has 0 aliphatic carbocycles. The molecule has 3 rings (SSSR count). The van der Waals surface area contributed by atoms with Gasteiger partial charge in [-0.2, -0.15) is 0 Å².